The Morgan fingerprint density at radius 2 is 1.91 bits per heavy atom. The highest BCUT2D eigenvalue weighted by Gasteiger charge is 2.22. The molecule has 0 spiro atoms. The quantitative estimate of drug-likeness (QED) is 0.489. The van der Waals surface area contributed by atoms with Crippen LogP contribution >= 0.6 is 0 Å². The number of rotatable bonds is 8. The third kappa shape index (κ3) is 6.78. The Balaban J connectivity index is 1.82. The van der Waals surface area contributed by atoms with Crippen molar-refractivity contribution in [3.63, 3.8) is 0 Å². The molecule has 2 amide bonds. The largest absolute Gasteiger partial charge is 0.466 e. The molecule has 0 bridgehead atoms. The third-order valence-electron chi connectivity index (χ3n) is 5.03. The zero-order chi connectivity index (χ0) is 25.6. The molecule has 1 aromatic carbocycles. The topological polar surface area (TPSA) is 116 Å². The van der Waals surface area contributed by atoms with Crippen LogP contribution in [0.25, 0.3) is 11.0 Å². The predicted octanol–water partition coefficient (Wildman–Crippen LogP) is 3.59. The SMILES string of the molecule is CCOC(=O)CCN(C(=O)c1ccc2c(c1)nc(CNC(=O)OC(C)(C)C)n2C)c1ccccn1. The van der Waals surface area contributed by atoms with Crippen LogP contribution in [0, 0.1) is 0 Å². The Bertz CT molecular complexity index is 1200. The van der Waals surface area contributed by atoms with Gasteiger partial charge in [0, 0.05) is 25.4 Å². The van der Waals surface area contributed by atoms with Crippen LogP contribution in [0.1, 0.15) is 50.3 Å². The number of aromatic nitrogens is 3. The first-order valence-electron chi connectivity index (χ1n) is 11.4. The number of aryl methyl sites for hydroxylation is 1. The molecule has 1 N–H and O–H groups in total. The summed E-state index contributed by atoms with van der Waals surface area (Å²) in [6, 6.07) is 10.4. The molecule has 10 nitrogen and oxygen atoms in total. The molecule has 3 rings (SSSR count). The summed E-state index contributed by atoms with van der Waals surface area (Å²) in [5, 5.41) is 2.70. The first-order valence-corrected chi connectivity index (χ1v) is 11.4. The number of hydrogen-bond donors (Lipinski definition) is 1. The standard InChI is InChI=1S/C25H31N5O5/c1-6-34-22(31)12-14-30(20-9-7-8-13-26-20)23(32)17-10-11-19-18(15-17)28-21(29(19)5)16-27-24(33)35-25(2,3)4/h7-11,13,15H,6,12,14,16H2,1-5H3,(H,27,33). The number of anilines is 1. The van der Waals surface area contributed by atoms with Crippen molar-refractivity contribution in [3.05, 3.63) is 54.0 Å². The summed E-state index contributed by atoms with van der Waals surface area (Å²) in [5.74, 6) is 0.349. The maximum Gasteiger partial charge on any atom is 0.408 e. The lowest BCUT2D eigenvalue weighted by Crippen LogP contribution is -2.34. The molecule has 0 aliphatic carbocycles. The number of amides is 2. The zero-order valence-corrected chi connectivity index (χ0v) is 20.7. The van der Waals surface area contributed by atoms with Gasteiger partial charge in [-0.3, -0.25) is 14.5 Å². The molecular weight excluding hydrogens is 450 g/mol. The Morgan fingerprint density at radius 1 is 1.14 bits per heavy atom. The van der Waals surface area contributed by atoms with E-state index in [1.54, 1.807) is 70.3 Å². The van der Waals surface area contributed by atoms with E-state index in [1.807, 2.05) is 11.6 Å². The number of benzene rings is 1. The Hall–Kier alpha value is -3.95. The average Bonchev–Trinajstić information content (AvgIpc) is 3.12. The van der Waals surface area contributed by atoms with Crippen LogP contribution in [0.15, 0.2) is 42.6 Å². The van der Waals surface area contributed by atoms with Crippen molar-refractivity contribution in [2.45, 2.75) is 46.3 Å². The van der Waals surface area contributed by atoms with E-state index in [0.29, 0.717) is 22.7 Å². The summed E-state index contributed by atoms with van der Waals surface area (Å²) in [5.41, 5.74) is 1.21. The van der Waals surface area contributed by atoms with E-state index in [0.717, 1.165) is 5.52 Å². The lowest BCUT2D eigenvalue weighted by Gasteiger charge is -2.21. The first-order chi connectivity index (χ1) is 16.6. The van der Waals surface area contributed by atoms with Gasteiger partial charge in [-0.1, -0.05) is 6.07 Å². The van der Waals surface area contributed by atoms with Gasteiger partial charge >= 0.3 is 12.1 Å². The molecule has 0 aliphatic heterocycles. The molecule has 3 aromatic rings. The minimum absolute atomic E-state index is 0.0441. The van der Waals surface area contributed by atoms with Crippen molar-refractivity contribution in [3.8, 4) is 0 Å². The fraction of sp³-hybridized carbons (Fsp3) is 0.400. The van der Waals surface area contributed by atoms with Crippen LogP contribution in [-0.2, 0) is 27.9 Å². The van der Waals surface area contributed by atoms with E-state index in [9.17, 15) is 14.4 Å². The van der Waals surface area contributed by atoms with E-state index < -0.39 is 11.7 Å². The van der Waals surface area contributed by atoms with Crippen molar-refractivity contribution < 1.29 is 23.9 Å². The van der Waals surface area contributed by atoms with Gasteiger partial charge in [0.25, 0.3) is 5.91 Å². The van der Waals surface area contributed by atoms with Crippen molar-refractivity contribution in [2.24, 2.45) is 7.05 Å². The normalized spacial score (nSPS) is 11.2. The second-order valence-corrected chi connectivity index (χ2v) is 8.85. The number of ether oxygens (including phenoxy) is 2. The summed E-state index contributed by atoms with van der Waals surface area (Å²) >= 11 is 0. The van der Waals surface area contributed by atoms with Crippen LogP contribution in [0.3, 0.4) is 0 Å². The number of esters is 1. The fourth-order valence-electron chi connectivity index (χ4n) is 3.43. The van der Waals surface area contributed by atoms with Crippen molar-refractivity contribution in [1.82, 2.24) is 19.9 Å². The highest BCUT2D eigenvalue weighted by atomic mass is 16.6. The minimum atomic E-state index is -0.599. The number of hydrogen-bond acceptors (Lipinski definition) is 7. The molecule has 0 unspecified atom stereocenters. The Morgan fingerprint density at radius 3 is 2.57 bits per heavy atom. The highest BCUT2D eigenvalue weighted by molar-refractivity contribution is 6.07. The number of nitrogens with one attached hydrogen (secondary N) is 1. The van der Waals surface area contributed by atoms with Crippen LogP contribution in [-0.4, -0.2) is 51.3 Å². The van der Waals surface area contributed by atoms with Crippen LogP contribution in [0.2, 0.25) is 0 Å². The molecule has 10 heteroatoms. The van der Waals surface area contributed by atoms with Crippen LogP contribution in [0.4, 0.5) is 10.6 Å². The van der Waals surface area contributed by atoms with E-state index >= 15 is 0 Å². The van der Waals surface area contributed by atoms with Crippen molar-refractivity contribution >= 4 is 34.8 Å². The predicted molar refractivity (Wildman–Crippen MR) is 131 cm³/mol. The van der Waals surface area contributed by atoms with Gasteiger partial charge in [0.05, 0.1) is 30.6 Å². The number of alkyl carbamates (subject to hydrolysis) is 1. The number of fused-ring (bicyclic) bond motifs is 1. The number of pyridine rings is 1. The van der Waals surface area contributed by atoms with Crippen LogP contribution in [0.5, 0.6) is 0 Å². The smallest absolute Gasteiger partial charge is 0.408 e. The molecule has 35 heavy (non-hydrogen) atoms. The van der Waals surface area contributed by atoms with Gasteiger partial charge in [-0.2, -0.15) is 0 Å². The fourth-order valence-corrected chi connectivity index (χ4v) is 3.43. The van der Waals surface area contributed by atoms with Gasteiger partial charge in [-0.05, 0) is 58.0 Å². The number of carbonyl (C=O) groups is 3. The molecule has 0 aliphatic rings. The maximum absolute atomic E-state index is 13.4. The maximum atomic E-state index is 13.4. The van der Waals surface area contributed by atoms with E-state index in [2.05, 4.69) is 15.3 Å². The van der Waals surface area contributed by atoms with Crippen LogP contribution < -0.4 is 10.2 Å². The zero-order valence-electron chi connectivity index (χ0n) is 20.7. The van der Waals surface area contributed by atoms with Gasteiger partial charge < -0.3 is 19.4 Å². The second kappa shape index (κ2) is 11.0. The first kappa shape index (κ1) is 25.7. The number of imidazole rings is 1. The molecular formula is C25H31N5O5. The van der Waals surface area contributed by atoms with Gasteiger partial charge in [-0.15, -0.1) is 0 Å². The summed E-state index contributed by atoms with van der Waals surface area (Å²) < 4.78 is 12.1. The summed E-state index contributed by atoms with van der Waals surface area (Å²) in [7, 11) is 1.84. The molecule has 186 valence electrons. The molecule has 2 aromatic heterocycles. The lowest BCUT2D eigenvalue weighted by molar-refractivity contribution is -0.142. The van der Waals surface area contributed by atoms with Gasteiger partial charge in [-0.25, -0.2) is 14.8 Å². The summed E-state index contributed by atoms with van der Waals surface area (Å²) in [6.07, 6.45) is 1.10. The molecule has 0 atom stereocenters. The molecule has 2 heterocycles. The Labute approximate surface area is 204 Å². The van der Waals surface area contributed by atoms with Crippen molar-refractivity contribution in [1.29, 1.82) is 0 Å². The molecule has 0 radical (unpaired) electrons. The molecule has 0 saturated carbocycles. The van der Waals surface area contributed by atoms with E-state index in [4.69, 9.17) is 9.47 Å². The minimum Gasteiger partial charge on any atom is -0.466 e. The second-order valence-electron chi connectivity index (χ2n) is 8.85. The highest BCUT2D eigenvalue weighted by Crippen LogP contribution is 2.21. The average molecular weight is 482 g/mol. The van der Waals surface area contributed by atoms with Gasteiger partial charge in [0.15, 0.2) is 0 Å². The Kier molecular flexibility index (Phi) is 8.06. The summed E-state index contributed by atoms with van der Waals surface area (Å²) in [6.45, 7) is 7.68. The monoisotopic (exact) mass is 481 g/mol. The van der Waals surface area contributed by atoms with Crippen molar-refractivity contribution in [2.75, 3.05) is 18.1 Å². The molecule has 0 saturated heterocycles. The van der Waals surface area contributed by atoms with Gasteiger partial charge in [0.2, 0.25) is 0 Å². The third-order valence-corrected chi connectivity index (χ3v) is 5.03. The van der Waals surface area contributed by atoms with E-state index in [1.165, 1.54) is 4.90 Å². The summed E-state index contributed by atoms with van der Waals surface area (Å²) in [4.78, 5) is 47.6. The lowest BCUT2D eigenvalue weighted by atomic mass is 10.1. The van der Waals surface area contributed by atoms with E-state index in [-0.39, 0.29) is 38.0 Å². The number of nitrogens with zero attached hydrogens (tertiary/aromatic N) is 4. The molecule has 0 fully saturated rings. The number of carbonyl (C=O) groups excluding carboxylic acids is 3. The van der Waals surface area contributed by atoms with Gasteiger partial charge in [0.1, 0.15) is 17.2 Å².